The van der Waals surface area contributed by atoms with Crippen LogP contribution in [0.25, 0.3) is 156 Å². The Morgan fingerprint density at radius 3 is 0.926 bits per heavy atom. The van der Waals surface area contributed by atoms with Gasteiger partial charge in [0.2, 0.25) is 11.4 Å². The van der Waals surface area contributed by atoms with E-state index in [9.17, 15) is 0 Å². The van der Waals surface area contributed by atoms with E-state index in [0.29, 0.717) is 33.5 Å². The van der Waals surface area contributed by atoms with Crippen LogP contribution in [0.4, 0.5) is 0 Å². The summed E-state index contributed by atoms with van der Waals surface area (Å²) in [5.41, 5.74) is 22.8. The number of nitrogens with zero attached hydrogens (tertiary/aromatic N) is 10. The predicted molar refractivity (Wildman–Crippen MR) is 532 cm³/mol. The molecule has 10 aromatic carbocycles. The Hall–Kier alpha value is -14.1. The van der Waals surface area contributed by atoms with Gasteiger partial charge in [-0.3, -0.25) is 0 Å². The second-order valence-electron chi connectivity index (χ2n) is 29.1. The smallest absolute Gasteiger partial charge is 0.216 e. The molecular formula is C119H92Ir4N10O2-8. The van der Waals surface area contributed by atoms with Gasteiger partial charge in [0.1, 0.15) is 0 Å². The van der Waals surface area contributed by atoms with E-state index in [-0.39, 0.29) is 125 Å². The first kappa shape index (κ1) is 75.3. The monoisotopic (exact) mass is 2490 g/mol. The fourth-order valence-electron chi connectivity index (χ4n) is 13.4. The normalized spacial score (nSPS) is 13.1. The van der Waals surface area contributed by atoms with E-state index in [0.717, 1.165) is 101 Å². The summed E-state index contributed by atoms with van der Waals surface area (Å²) in [4.78, 5) is 42.4. The molecule has 0 amide bonds. The fourth-order valence-corrected chi connectivity index (χ4v) is 13.4. The van der Waals surface area contributed by atoms with Gasteiger partial charge in [0.05, 0.1) is 11.2 Å². The molecule has 0 saturated carbocycles. The molecule has 135 heavy (non-hydrogen) atoms. The number of hydrogen-bond donors (Lipinski definition) is 0. The standard InChI is InChI=1S/2C18H13N2O.C18H14N.C17H12N.4C12H10N.4Ir/c1-11-6-9-16(19-10-11)15-5-3-4-13-14-8-7-12(2)20-18(14)21-17(13)15;1-11-8-9-19-16(10-11)15-5-3-4-13-14-7-6-12(2)20-18(14)21-17(13)15;1-14-12-18(16-10-6-3-7-11-16)19-13-17(14)15-8-4-2-5-9-15;1-3-7-14(8-4-1)16-11-12-18-17(13-16)15-9-5-2-6-10-15;4*1-10-7-8-12(13-9-10)11-5-3-2-4-6-11;;;;/h2*3-4,6-10H,1-2H3;2-10,12-13H,1H3;1-9,11-13H;4*2-5,7-9H,1H3;;;;/q8*-1;;;;/i1D3,2D3;2D3;;;4*1D3;;;;. The second kappa shape index (κ2) is 51.2. The minimum atomic E-state index is -2.32. The molecule has 0 bridgehead atoms. The Morgan fingerprint density at radius 1 is 0.237 bits per heavy atom. The molecule has 0 fully saturated rings. The van der Waals surface area contributed by atoms with Crippen LogP contribution in [0.1, 0.15) is 79.1 Å². The number of benzene rings is 10. The van der Waals surface area contributed by atoms with Gasteiger partial charge in [0.25, 0.3) is 0 Å². The Balaban J connectivity index is 0.000000169. The van der Waals surface area contributed by atoms with E-state index >= 15 is 0 Å². The van der Waals surface area contributed by atoms with Gasteiger partial charge in [-0.05, 0) is 194 Å². The van der Waals surface area contributed by atoms with Crippen molar-refractivity contribution in [3.05, 3.63) is 494 Å². The van der Waals surface area contributed by atoms with Crippen molar-refractivity contribution < 1.29 is 118 Å². The van der Waals surface area contributed by atoms with E-state index in [2.05, 4.69) is 142 Å². The summed E-state index contributed by atoms with van der Waals surface area (Å²) in [6.07, 6.45) is 12.4. The van der Waals surface area contributed by atoms with Gasteiger partial charge in [-0.25, -0.2) is 9.97 Å². The largest absolute Gasteiger partial charge is 0.486 e. The summed E-state index contributed by atoms with van der Waals surface area (Å²) in [7, 11) is 0. The topological polar surface area (TPSA) is 155 Å². The number of fused-ring (bicyclic) bond motifs is 6. The quantitative estimate of drug-likeness (QED) is 0.120. The third-order valence-corrected chi connectivity index (χ3v) is 19.8. The summed E-state index contributed by atoms with van der Waals surface area (Å²) in [6, 6.07) is 131. The number of aromatic nitrogens is 10. The number of hydrogen-bond acceptors (Lipinski definition) is 12. The minimum absolute atomic E-state index is 0. The van der Waals surface area contributed by atoms with Crippen molar-refractivity contribution in [2.45, 2.75) is 61.8 Å². The molecule has 0 aliphatic heterocycles. The maximum atomic E-state index is 7.50. The molecule has 22 rings (SSSR count). The van der Waals surface area contributed by atoms with Crippen molar-refractivity contribution in [1.82, 2.24) is 49.8 Å². The number of rotatable bonds is 10. The zero-order valence-corrected chi connectivity index (χ0v) is 81.7. The maximum absolute atomic E-state index is 7.50. The number of furan rings is 2. The molecule has 0 aliphatic rings. The first-order valence-electron chi connectivity index (χ1n) is 51.8. The molecule has 674 valence electrons. The summed E-state index contributed by atoms with van der Waals surface area (Å²) in [5.74, 6) is 0. The number of aryl methyl sites for hydroxylation is 9. The van der Waals surface area contributed by atoms with Gasteiger partial charge in [-0.15, -0.1) is 252 Å². The van der Waals surface area contributed by atoms with Gasteiger partial charge in [0, 0.05) is 187 Å². The molecular weight excluding hydrogens is 2370 g/mol. The van der Waals surface area contributed by atoms with Gasteiger partial charge in [-0.1, -0.05) is 167 Å². The molecule has 12 heterocycles. The van der Waals surface area contributed by atoms with Gasteiger partial charge >= 0.3 is 0 Å². The second-order valence-corrected chi connectivity index (χ2v) is 29.1. The number of pyridine rings is 10. The molecule has 12 aromatic heterocycles. The van der Waals surface area contributed by atoms with Gasteiger partial charge < -0.3 is 48.7 Å². The average molecular weight is 2480 g/mol. The van der Waals surface area contributed by atoms with E-state index < -0.39 is 48.0 Å². The summed E-state index contributed by atoms with van der Waals surface area (Å²) < 4.78 is 166. The molecule has 0 saturated heterocycles. The molecule has 0 N–H and O–H groups in total. The van der Waals surface area contributed by atoms with Crippen LogP contribution in [0.3, 0.4) is 0 Å². The minimum Gasteiger partial charge on any atom is -0.486 e. The average Bonchev–Trinajstić information content (AvgIpc) is 1.61. The van der Waals surface area contributed by atoms with E-state index in [1.807, 2.05) is 207 Å². The van der Waals surface area contributed by atoms with Crippen LogP contribution >= 0.6 is 0 Å². The molecule has 12 nitrogen and oxygen atoms in total. The molecule has 0 atom stereocenters. The van der Waals surface area contributed by atoms with Crippen LogP contribution in [0, 0.1) is 110 Å². The van der Waals surface area contributed by atoms with E-state index in [4.69, 9.17) is 37.6 Å². The molecule has 22 aromatic rings. The van der Waals surface area contributed by atoms with Crippen LogP contribution in [-0.4, -0.2) is 49.8 Å². The van der Waals surface area contributed by atoms with Crippen molar-refractivity contribution in [1.29, 1.82) is 0 Å². The van der Waals surface area contributed by atoms with Gasteiger partial charge in [-0.2, -0.15) is 0 Å². The molecule has 4 radical (unpaired) electrons. The molecule has 0 aliphatic carbocycles. The zero-order chi connectivity index (χ0) is 108. The zero-order valence-electron chi connectivity index (χ0n) is 93.1. The third kappa shape index (κ3) is 28.2. The SMILES string of the molecule is Cc1cc(-c2[c-]cccc2)ncc1-c1ccccc1.[2H]C([2H])([2H])c1ccc(-c2[c-]ccc3c2oc2nc(C([2H])([2H])[2H])ccc23)nc1.[2H]C([2H])([2H])c1ccc(-c2[c-]cccc2)nc1.[2H]C([2H])([2H])c1ccc(-c2[c-]cccc2)nc1.[2H]C([2H])([2H])c1ccc(-c2[c-]cccc2)nc1.[2H]C([2H])([2H])c1ccc(-c2[c-]cccc2)nc1.[2H]C([2H])([2H])c1ccc2c(n1)oc1c(-c3cc(C)ccn3)[c-]ccc12.[Ir].[Ir].[Ir].[Ir].[c-]1ccccc1-c1cc(-c2ccccc2)ccn1. The Kier molecular flexibility index (Phi) is 28.6. The van der Waals surface area contributed by atoms with Crippen molar-refractivity contribution in [3.63, 3.8) is 0 Å². The van der Waals surface area contributed by atoms with E-state index in [1.165, 1.54) is 77.0 Å². The Morgan fingerprint density at radius 2 is 0.578 bits per heavy atom. The molecule has 0 unspecified atom stereocenters. The van der Waals surface area contributed by atoms with Crippen LogP contribution in [0.2, 0.25) is 0 Å². The van der Waals surface area contributed by atoms with Crippen molar-refractivity contribution >= 4 is 44.1 Å². The van der Waals surface area contributed by atoms with Crippen molar-refractivity contribution in [3.8, 4) is 112 Å². The molecule has 0 spiro atoms. The fraction of sp³-hybridized carbons (Fsp3) is 0.0756. The summed E-state index contributed by atoms with van der Waals surface area (Å²) in [5, 5.41) is 3.09. The van der Waals surface area contributed by atoms with Crippen molar-refractivity contribution in [2.24, 2.45) is 0 Å². The molecule has 16 heteroatoms. The summed E-state index contributed by atoms with van der Waals surface area (Å²) >= 11 is 0. The van der Waals surface area contributed by atoms with Crippen molar-refractivity contribution in [2.75, 3.05) is 0 Å². The predicted octanol–water partition coefficient (Wildman–Crippen LogP) is 29.1. The van der Waals surface area contributed by atoms with Crippen LogP contribution in [0.5, 0.6) is 0 Å². The van der Waals surface area contributed by atoms with Crippen LogP contribution in [0.15, 0.2) is 404 Å². The Bertz CT molecular complexity index is 7830. The maximum Gasteiger partial charge on any atom is 0.216 e. The first-order chi connectivity index (χ1) is 72.6. The third-order valence-electron chi connectivity index (χ3n) is 19.8. The summed E-state index contributed by atoms with van der Waals surface area (Å²) in [6.45, 7) is -11.1. The van der Waals surface area contributed by atoms with Crippen LogP contribution < -0.4 is 0 Å². The van der Waals surface area contributed by atoms with E-state index in [1.54, 1.807) is 109 Å². The Labute approximate surface area is 874 Å². The van der Waals surface area contributed by atoms with Crippen LogP contribution in [-0.2, 0) is 80.4 Å². The first-order valence-corrected chi connectivity index (χ1v) is 41.3. The van der Waals surface area contributed by atoms with Gasteiger partial charge in [0.15, 0.2) is 0 Å².